The standard InChI is InChI=1S/C17H29N5O/c1-3-18-16(19-11-7-15-20-14(2)21-23-15)22-12-10-17(13-22)8-5-4-6-9-17/h3-13H2,1-2H3,(H,18,19). The molecule has 0 unspecified atom stereocenters. The minimum atomic E-state index is 0.554. The van der Waals surface area contributed by atoms with Gasteiger partial charge >= 0.3 is 0 Å². The predicted molar refractivity (Wildman–Crippen MR) is 90.4 cm³/mol. The van der Waals surface area contributed by atoms with Crippen LogP contribution in [0.1, 0.15) is 57.2 Å². The van der Waals surface area contributed by atoms with Crippen molar-refractivity contribution in [3.63, 3.8) is 0 Å². The van der Waals surface area contributed by atoms with E-state index in [1.165, 1.54) is 45.1 Å². The van der Waals surface area contributed by atoms with Gasteiger partial charge in [-0.15, -0.1) is 0 Å². The number of nitrogens with zero attached hydrogens (tertiary/aromatic N) is 4. The van der Waals surface area contributed by atoms with Gasteiger partial charge in [-0.3, -0.25) is 4.99 Å². The van der Waals surface area contributed by atoms with E-state index in [0.29, 0.717) is 30.1 Å². The summed E-state index contributed by atoms with van der Waals surface area (Å²) in [7, 11) is 0. The molecular formula is C17H29N5O. The second-order valence-electron chi connectivity index (χ2n) is 6.95. The topological polar surface area (TPSA) is 66.5 Å². The molecule has 1 N–H and O–H groups in total. The number of guanidine groups is 1. The molecule has 6 heteroatoms. The minimum Gasteiger partial charge on any atom is -0.357 e. The number of likely N-dealkylation sites (tertiary alicyclic amines) is 1. The average molecular weight is 319 g/mol. The van der Waals surface area contributed by atoms with Crippen LogP contribution < -0.4 is 5.32 Å². The highest BCUT2D eigenvalue weighted by atomic mass is 16.5. The van der Waals surface area contributed by atoms with E-state index < -0.39 is 0 Å². The van der Waals surface area contributed by atoms with Gasteiger partial charge in [0.2, 0.25) is 5.89 Å². The molecule has 0 bridgehead atoms. The molecule has 1 saturated carbocycles. The van der Waals surface area contributed by atoms with Crippen LogP contribution in [0.5, 0.6) is 0 Å². The van der Waals surface area contributed by atoms with Crippen molar-refractivity contribution < 1.29 is 4.52 Å². The molecule has 128 valence electrons. The summed E-state index contributed by atoms with van der Waals surface area (Å²) in [6.45, 7) is 7.86. The smallest absolute Gasteiger partial charge is 0.228 e. The van der Waals surface area contributed by atoms with E-state index in [0.717, 1.165) is 19.0 Å². The molecule has 0 aromatic carbocycles. The first-order chi connectivity index (χ1) is 11.2. The normalized spacial score (nSPS) is 21.1. The fraction of sp³-hybridized carbons (Fsp3) is 0.824. The molecule has 0 radical (unpaired) electrons. The van der Waals surface area contributed by atoms with Crippen molar-refractivity contribution in [3.05, 3.63) is 11.7 Å². The summed E-state index contributed by atoms with van der Waals surface area (Å²) < 4.78 is 5.16. The summed E-state index contributed by atoms with van der Waals surface area (Å²) in [5, 5.41) is 7.27. The van der Waals surface area contributed by atoms with Gasteiger partial charge in [-0.05, 0) is 38.5 Å². The van der Waals surface area contributed by atoms with Crippen molar-refractivity contribution >= 4 is 5.96 Å². The van der Waals surface area contributed by atoms with E-state index >= 15 is 0 Å². The van der Waals surface area contributed by atoms with Crippen LogP contribution in [-0.2, 0) is 6.42 Å². The number of aliphatic imine (C=N–C) groups is 1. The van der Waals surface area contributed by atoms with Gasteiger partial charge in [0.25, 0.3) is 0 Å². The van der Waals surface area contributed by atoms with Crippen LogP contribution in [0, 0.1) is 12.3 Å². The first-order valence-electron chi connectivity index (χ1n) is 9.03. The van der Waals surface area contributed by atoms with E-state index in [4.69, 9.17) is 9.52 Å². The third-order valence-electron chi connectivity index (χ3n) is 5.14. The van der Waals surface area contributed by atoms with Gasteiger partial charge in [-0.2, -0.15) is 4.98 Å². The van der Waals surface area contributed by atoms with E-state index in [-0.39, 0.29) is 0 Å². The number of rotatable bonds is 4. The first-order valence-corrected chi connectivity index (χ1v) is 9.03. The van der Waals surface area contributed by atoms with Gasteiger partial charge in [0.1, 0.15) is 0 Å². The lowest BCUT2D eigenvalue weighted by molar-refractivity contribution is 0.203. The second-order valence-corrected chi connectivity index (χ2v) is 6.95. The van der Waals surface area contributed by atoms with Crippen molar-refractivity contribution in [3.8, 4) is 0 Å². The molecule has 0 amide bonds. The summed E-state index contributed by atoms with van der Waals surface area (Å²) in [6.07, 6.45) is 9.03. The fourth-order valence-corrected chi connectivity index (χ4v) is 3.95. The zero-order valence-corrected chi connectivity index (χ0v) is 14.5. The molecule has 1 aliphatic carbocycles. The Morgan fingerprint density at radius 3 is 2.83 bits per heavy atom. The molecule has 2 heterocycles. The lowest BCUT2D eigenvalue weighted by atomic mass is 9.73. The first kappa shape index (κ1) is 16.3. The highest BCUT2D eigenvalue weighted by molar-refractivity contribution is 5.80. The Bertz CT molecular complexity index is 533. The molecule has 6 nitrogen and oxygen atoms in total. The van der Waals surface area contributed by atoms with E-state index in [2.05, 4.69) is 27.3 Å². The molecule has 1 saturated heterocycles. The Balaban J connectivity index is 1.58. The van der Waals surface area contributed by atoms with Gasteiger partial charge in [0.15, 0.2) is 11.8 Å². The molecule has 3 rings (SSSR count). The average Bonchev–Trinajstić information content (AvgIpc) is 3.14. The lowest BCUT2D eigenvalue weighted by Crippen LogP contribution is -2.41. The quantitative estimate of drug-likeness (QED) is 0.682. The van der Waals surface area contributed by atoms with Gasteiger partial charge in [-0.25, -0.2) is 0 Å². The Kier molecular flexibility index (Phi) is 5.18. The molecule has 1 aromatic heterocycles. The van der Waals surface area contributed by atoms with Crippen LogP contribution >= 0.6 is 0 Å². The number of hydrogen-bond donors (Lipinski definition) is 1. The third-order valence-corrected chi connectivity index (χ3v) is 5.14. The largest absolute Gasteiger partial charge is 0.357 e. The van der Waals surface area contributed by atoms with Gasteiger partial charge in [0.05, 0.1) is 6.54 Å². The van der Waals surface area contributed by atoms with Gasteiger partial charge < -0.3 is 14.7 Å². The van der Waals surface area contributed by atoms with Crippen LogP contribution in [0.25, 0.3) is 0 Å². The van der Waals surface area contributed by atoms with Crippen LogP contribution in [0.4, 0.5) is 0 Å². The summed E-state index contributed by atoms with van der Waals surface area (Å²) in [5.41, 5.74) is 0.554. The number of aryl methyl sites for hydroxylation is 1. The van der Waals surface area contributed by atoms with Crippen molar-refractivity contribution in [1.29, 1.82) is 0 Å². The fourth-order valence-electron chi connectivity index (χ4n) is 3.95. The Labute approximate surface area is 138 Å². The van der Waals surface area contributed by atoms with Crippen molar-refractivity contribution in [2.45, 2.75) is 58.8 Å². The van der Waals surface area contributed by atoms with E-state index in [9.17, 15) is 0 Å². The van der Waals surface area contributed by atoms with Crippen LogP contribution in [0.3, 0.4) is 0 Å². The maximum atomic E-state index is 5.16. The number of nitrogens with one attached hydrogen (secondary N) is 1. The van der Waals surface area contributed by atoms with Crippen LogP contribution in [0.2, 0.25) is 0 Å². The maximum Gasteiger partial charge on any atom is 0.228 e. The summed E-state index contributed by atoms with van der Waals surface area (Å²) in [6, 6.07) is 0. The third kappa shape index (κ3) is 4.03. The Hall–Kier alpha value is -1.59. The highest BCUT2D eigenvalue weighted by Gasteiger charge is 2.39. The van der Waals surface area contributed by atoms with Crippen molar-refractivity contribution in [1.82, 2.24) is 20.4 Å². The SMILES string of the molecule is CCNC(=NCCc1nc(C)no1)N1CCC2(CCCCC2)C1. The maximum absolute atomic E-state index is 5.16. The molecule has 2 aliphatic rings. The summed E-state index contributed by atoms with van der Waals surface area (Å²) in [5.74, 6) is 2.41. The van der Waals surface area contributed by atoms with Crippen LogP contribution in [0.15, 0.2) is 9.52 Å². The highest BCUT2D eigenvalue weighted by Crippen LogP contribution is 2.43. The monoisotopic (exact) mass is 319 g/mol. The molecule has 1 aromatic rings. The van der Waals surface area contributed by atoms with E-state index in [1.54, 1.807) is 0 Å². The predicted octanol–water partition coefficient (Wildman–Crippen LogP) is 2.54. The molecule has 1 aliphatic heterocycles. The zero-order valence-electron chi connectivity index (χ0n) is 14.5. The lowest BCUT2D eigenvalue weighted by Gasteiger charge is -2.33. The van der Waals surface area contributed by atoms with E-state index in [1.807, 2.05) is 6.92 Å². The summed E-state index contributed by atoms with van der Waals surface area (Å²) in [4.78, 5) is 11.5. The number of hydrogen-bond acceptors (Lipinski definition) is 4. The molecule has 0 atom stereocenters. The van der Waals surface area contributed by atoms with Gasteiger partial charge in [0, 0.05) is 26.1 Å². The molecule has 23 heavy (non-hydrogen) atoms. The Morgan fingerprint density at radius 1 is 1.30 bits per heavy atom. The van der Waals surface area contributed by atoms with Crippen molar-refractivity contribution in [2.75, 3.05) is 26.2 Å². The zero-order chi connectivity index (χ0) is 16.1. The van der Waals surface area contributed by atoms with Crippen molar-refractivity contribution in [2.24, 2.45) is 10.4 Å². The Morgan fingerprint density at radius 2 is 2.13 bits per heavy atom. The van der Waals surface area contributed by atoms with Crippen LogP contribution in [-0.4, -0.2) is 47.2 Å². The van der Waals surface area contributed by atoms with Gasteiger partial charge in [-0.1, -0.05) is 24.4 Å². The second kappa shape index (κ2) is 7.32. The molecule has 1 spiro atoms. The number of aromatic nitrogens is 2. The molecular weight excluding hydrogens is 290 g/mol. The summed E-state index contributed by atoms with van der Waals surface area (Å²) >= 11 is 0. The minimum absolute atomic E-state index is 0.554. The molecule has 2 fully saturated rings.